The Labute approximate surface area is 145 Å². The fourth-order valence-corrected chi connectivity index (χ4v) is 2.25. The maximum atomic E-state index is 10.1. The first-order chi connectivity index (χ1) is 11.5. The van der Waals surface area contributed by atoms with Crippen LogP contribution in [-0.2, 0) is 0 Å². The summed E-state index contributed by atoms with van der Waals surface area (Å²) >= 11 is 0. The van der Waals surface area contributed by atoms with E-state index in [2.05, 4.69) is 34.1 Å². The fourth-order valence-electron chi connectivity index (χ4n) is 2.25. The predicted molar refractivity (Wildman–Crippen MR) is 106 cm³/mol. The SMILES string of the molecule is CN(C)c1ccc(/C=C/C(O)/C=C/c2ccc(N(C)C)cc2)cc1. The zero-order chi connectivity index (χ0) is 17.5. The van der Waals surface area contributed by atoms with E-state index >= 15 is 0 Å². The monoisotopic (exact) mass is 322 g/mol. The highest BCUT2D eigenvalue weighted by atomic mass is 16.3. The van der Waals surface area contributed by atoms with Gasteiger partial charge in [-0.3, -0.25) is 0 Å². The minimum Gasteiger partial charge on any atom is -0.385 e. The van der Waals surface area contributed by atoms with Crippen LogP contribution in [0.5, 0.6) is 0 Å². The van der Waals surface area contributed by atoms with E-state index in [1.165, 1.54) is 0 Å². The van der Waals surface area contributed by atoms with E-state index in [0.29, 0.717) is 0 Å². The molecule has 0 bridgehead atoms. The Morgan fingerprint density at radius 3 is 1.29 bits per heavy atom. The summed E-state index contributed by atoms with van der Waals surface area (Å²) in [6.45, 7) is 0. The Balaban J connectivity index is 1.95. The highest BCUT2D eigenvalue weighted by Gasteiger charge is 1.97. The molecule has 0 aliphatic rings. The third-order valence-electron chi connectivity index (χ3n) is 3.79. The molecule has 0 unspecified atom stereocenters. The van der Waals surface area contributed by atoms with E-state index in [1.54, 1.807) is 12.2 Å². The summed E-state index contributed by atoms with van der Waals surface area (Å²) < 4.78 is 0. The molecular formula is C21H26N2O. The third-order valence-corrected chi connectivity index (χ3v) is 3.79. The van der Waals surface area contributed by atoms with Crippen molar-refractivity contribution in [2.45, 2.75) is 6.10 Å². The maximum Gasteiger partial charge on any atom is 0.0909 e. The lowest BCUT2D eigenvalue weighted by Gasteiger charge is -2.12. The van der Waals surface area contributed by atoms with Gasteiger partial charge in [-0.1, -0.05) is 48.6 Å². The Morgan fingerprint density at radius 2 is 1.00 bits per heavy atom. The second-order valence-corrected chi connectivity index (χ2v) is 6.18. The van der Waals surface area contributed by atoms with Crippen LogP contribution in [0.1, 0.15) is 11.1 Å². The molecule has 0 heterocycles. The van der Waals surface area contributed by atoms with Crippen LogP contribution in [0.25, 0.3) is 12.2 Å². The smallest absolute Gasteiger partial charge is 0.0909 e. The van der Waals surface area contributed by atoms with Crippen molar-refractivity contribution in [2.75, 3.05) is 38.0 Å². The largest absolute Gasteiger partial charge is 0.385 e. The summed E-state index contributed by atoms with van der Waals surface area (Å²) in [7, 11) is 8.07. The number of anilines is 2. The van der Waals surface area contributed by atoms with Crippen LogP contribution in [0.2, 0.25) is 0 Å². The van der Waals surface area contributed by atoms with Gasteiger partial charge in [0, 0.05) is 39.6 Å². The van der Waals surface area contributed by atoms with Gasteiger partial charge in [0.15, 0.2) is 0 Å². The van der Waals surface area contributed by atoms with Crippen molar-refractivity contribution in [1.29, 1.82) is 0 Å². The average Bonchev–Trinajstić information content (AvgIpc) is 2.58. The number of aliphatic hydroxyl groups excluding tert-OH is 1. The molecule has 0 fully saturated rings. The first kappa shape index (κ1) is 17.8. The summed E-state index contributed by atoms with van der Waals surface area (Å²) in [6, 6.07) is 16.4. The number of rotatable bonds is 6. The molecule has 0 atom stereocenters. The van der Waals surface area contributed by atoms with Gasteiger partial charge in [0.2, 0.25) is 0 Å². The van der Waals surface area contributed by atoms with Gasteiger partial charge in [0.1, 0.15) is 0 Å². The lowest BCUT2D eigenvalue weighted by molar-refractivity contribution is 0.273. The lowest BCUT2D eigenvalue weighted by Crippen LogP contribution is -2.07. The summed E-state index contributed by atoms with van der Waals surface area (Å²) in [5.74, 6) is 0. The Morgan fingerprint density at radius 1 is 0.667 bits per heavy atom. The van der Waals surface area contributed by atoms with Crippen molar-refractivity contribution in [1.82, 2.24) is 0 Å². The summed E-state index contributed by atoms with van der Waals surface area (Å²) in [5.41, 5.74) is 4.47. The van der Waals surface area contributed by atoms with Crippen molar-refractivity contribution in [3.8, 4) is 0 Å². The first-order valence-corrected chi connectivity index (χ1v) is 8.05. The van der Waals surface area contributed by atoms with Gasteiger partial charge in [0.25, 0.3) is 0 Å². The molecule has 3 nitrogen and oxygen atoms in total. The molecular weight excluding hydrogens is 296 g/mol. The standard InChI is InChI=1S/C21H26N2O/c1-22(2)19-11-5-17(6-12-19)9-15-21(24)16-10-18-7-13-20(14-8-18)23(3)4/h5-16,21,24H,1-4H3/b15-9+,16-10+. The predicted octanol–water partition coefficient (Wildman–Crippen LogP) is 3.91. The van der Waals surface area contributed by atoms with Crippen LogP contribution >= 0.6 is 0 Å². The van der Waals surface area contributed by atoms with Gasteiger partial charge < -0.3 is 14.9 Å². The molecule has 0 aliphatic carbocycles. The van der Waals surface area contributed by atoms with Crippen LogP contribution in [0.15, 0.2) is 60.7 Å². The summed E-state index contributed by atoms with van der Waals surface area (Å²) in [4.78, 5) is 4.12. The quantitative estimate of drug-likeness (QED) is 0.873. The van der Waals surface area contributed by atoms with E-state index in [-0.39, 0.29) is 0 Å². The normalized spacial score (nSPS) is 11.6. The highest BCUT2D eigenvalue weighted by molar-refractivity contribution is 5.58. The highest BCUT2D eigenvalue weighted by Crippen LogP contribution is 2.15. The van der Waals surface area contributed by atoms with Gasteiger partial charge in [-0.25, -0.2) is 0 Å². The minimum atomic E-state index is -0.605. The second kappa shape index (κ2) is 8.37. The van der Waals surface area contributed by atoms with Gasteiger partial charge in [0.05, 0.1) is 6.10 Å². The van der Waals surface area contributed by atoms with E-state index in [0.717, 1.165) is 22.5 Å². The lowest BCUT2D eigenvalue weighted by atomic mass is 10.1. The Bertz CT molecular complexity index is 621. The van der Waals surface area contributed by atoms with Gasteiger partial charge in [-0.15, -0.1) is 0 Å². The van der Waals surface area contributed by atoms with Crippen LogP contribution in [0.3, 0.4) is 0 Å². The number of hydrogen-bond acceptors (Lipinski definition) is 3. The van der Waals surface area contributed by atoms with Crippen LogP contribution in [0.4, 0.5) is 11.4 Å². The summed E-state index contributed by atoms with van der Waals surface area (Å²) in [5, 5.41) is 10.1. The fraction of sp³-hybridized carbons (Fsp3) is 0.238. The molecule has 0 aromatic heterocycles. The van der Waals surface area contributed by atoms with Crippen molar-refractivity contribution < 1.29 is 5.11 Å². The van der Waals surface area contributed by atoms with Crippen molar-refractivity contribution in [2.24, 2.45) is 0 Å². The third kappa shape index (κ3) is 5.28. The average molecular weight is 322 g/mol. The topological polar surface area (TPSA) is 26.7 Å². The van der Waals surface area contributed by atoms with E-state index in [1.807, 2.05) is 64.6 Å². The molecule has 0 saturated heterocycles. The molecule has 126 valence electrons. The molecule has 0 spiro atoms. The van der Waals surface area contributed by atoms with E-state index < -0.39 is 6.10 Å². The zero-order valence-corrected chi connectivity index (χ0v) is 14.8. The number of aliphatic hydroxyl groups is 1. The molecule has 1 N–H and O–H groups in total. The molecule has 24 heavy (non-hydrogen) atoms. The molecule has 2 aromatic rings. The van der Waals surface area contributed by atoms with Crippen LogP contribution < -0.4 is 9.80 Å². The van der Waals surface area contributed by atoms with Gasteiger partial charge >= 0.3 is 0 Å². The van der Waals surface area contributed by atoms with E-state index in [4.69, 9.17) is 0 Å². The van der Waals surface area contributed by atoms with Crippen LogP contribution in [-0.4, -0.2) is 39.4 Å². The molecule has 0 radical (unpaired) electrons. The van der Waals surface area contributed by atoms with Crippen molar-refractivity contribution in [3.05, 3.63) is 71.8 Å². The number of hydrogen-bond donors (Lipinski definition) is 1. The van der Waals surface area contributed by atoms with E-state index in [9.17, 15) is 5.11 Å². The first-order valence-electron chi connectivity index (χ1n) is 8.05. The summed E-state index contributed by atoms with van der Waals surface area (Å²) in [6.07, 6.45) is 6.84. The number of benzene rings is 2. The number of nitrogens with zero attached hydrogens (tertiary/aromatic N) is 2. The molecule has 0 saturated carbocycles. The minimum absolute atomic E-state index is 0.605. The van der Waals surface area contributed by atoms with Gasteiger partial charge in [-0.05, 0) is 35.4 Å². The second-order valence-electron chi connectivity index (χ2n) is 6.18. The molecule has 0 amide bonds. The zero-order valence-electron chi connectivity index (χ0n) is 14.8. The molecule has 0 aliphatic heterocycles. The van der Waals surface area contributed by atoms with Crippen molar-refractivity contribution >= 4 is 23.5 Å². The van der Waals surface area contributed by atoms with Crippen molar-refractivity contribution in [3.63, 3.8) is 0 Å². The Kier molecular flexibility index (Phi) is 6.21. The van der Waals surface area contributed by atoms with Gasteiger partial charge in [-0.2, -0.15) is 0 Å². The molecule has 2 aromatic carbocycles. The molecule has 3 heteroatoms. The Hall–Kier alpha value is -2.52. The molecule has 2 rings (SSSR count). The van der Waals surface area contributed by atoms with Crippen LogP contribution in [0, 0.1) is 0 Å². The maximum absolute atomic E-state index is 10.1.